The van der Waals surface area contributed by atoms with Gasteiger partial charge >= 0.3 is 0 Å². The molecule has 0 aliphatic rings. The van der Waals surface area contributed by atoms with E-state index in [0.717, 1.165) is 10.6 Å². The molecule has 0 N–H and O–H groups in total. The van der Waals surface area contributed by atoms with E-state index in [1.807, 2.05) is 12.1 Å². The number of rotatable bonds is 1. The summed E-state index contributed by atoms with van der Waals surface area (Å²) in [4.78, 5) is 4.70. The minimum Gasteiger partial charge on any atom is -0.243 e. The zero-order valence-electron chi connectivity index (χ0n) is 7.37. The van der Waals surface area contributed by atoms with Crippen LogP contribution in [0.25, 0.3) is 10.6 Å². The van der Waals surface area contributed by atoms with E-state index in [-0.39, 0.29) is 0 Å². The largest absolute Gasteiger partial charge is 0.243 e. The second kappa shape index (κ2) is 4.19. The summed E-state index contributed by atoms with van der Waals surface area (Å²) in [5.41, 5.74) is 0.871. The van der Waals surface area contributed by atoms with Crippen molar-refractivity contribution >= 4 is 34.5 Å². The highest BCUT2D eigenvalue weighted by Gasteiger charge is 2.06. The van der Waals surface area contributed by atoms with Crippen LogP contribution in [-0.4, -0.2) is 4.98 Å². The van der Waals surface area contributed by atoms with Crippen LogP contribution in [0.5, 0.6) is 0 Å². The fourth-order valence-electron chi connectivity index (χ4n) is 1.09. The lowest BCUT2D eigenvalue weighted by Gasteiger charge is -1.98. The van der Waals surface area contributed by atoms with Crippen molar-refractivity contribution in [3.05, 3.63) is 39.3 Å². The molecule has 0 bridgehead atoms. The highest BCUT2D eigenvalue weighted by atomic mass is 35.5. The lowest BCUT2D eigenvalue weighted by Crippen LogP contribution is -1.75. The SMILES string of the molecule is N#Cc1cnc(-c2ccc(Cl)c(Cl)c2)s1. The van der Waals surface area contributed by atoms with Crippen LogP contribution in [0.4, 0.5) is 0 Å². The summed E-state index contributed by atoms with van der Waals surface area (Å²) in [6, 6.07) is 7.32. The first-order chi connectivity index (χ1) is 7.20. The second-order valence-corrected chi connectivity index (χ2v) is 4.62. The van der Waals surface area contributed by atoms with Gasteiger partial charge in [0.1, 0.15) is 16.0 Å². The summed E-state index contributed by atoms with van der Waals surface area (Å²) in [5.74, 6) is 0. The Balaban J connectivity index is 2.46. The van der Waals surface area contributed by atoms with Crippen LogP contribution in [0.3, 0.4) is 0 Å². The molecule has 2 nitrogen and oxygen atoms in total. The van der Waals surface area contributed by atoms with Crippen LogP contribution >= 0.6 is 34.5 Å². The molecule has 5 heteroatoms. The number of aromatic nitrogens is 1. The molecule has 0 amide bonds. The van der Waals surface area contributed by atoms with Gasteiger partial charge in [0.2, 0.25) is 0 Å². The maximum Gasteiger partial charge on any atom is 0.125 e. The summed E-state index contributed by atoms with van der Waals surface area (Å²) in [5, 5.41) is 10.4. The fraction of sp³-hybridized carbons (Fsp3) is 0. The van der Waals surface area contributed by atoms with Crippen LogP contribution in [0.2, 0.25) is 10.0 Å². The van der Waals surface area contributed by atoms with Gasteiger partial charge in [0, 0.05) is 5.56 Å². The third-order valence-electron chi connectivity index (χ3n) is 1.78. The first-order valence-electron chi connectivity index (χ1n) is 4.02. The van der Waals surface area contributed by atoms with E-state index in [4.69, 9.17) is 28.5 Å². The monoisotopic (exact) mass is 254 g/mol. The van der Waals surface area contributed by atoms with Crippen molar-refractivity contribution in [3.63, 3.8) is 0 Å². The average molecular weight is 255 g/mol. The lowest BCUT2D eigenvalue weighted by atomic mass is 10.2. The van der Waals surface area contributed by atoms with Gasteiger partial charge in [-0.1, -0.05) is 29.3 Å². The maximum atomic E-state index is 8.67. The van der Waals surface area contributed by atoms with Crippen LogP contribution in [0.15, 0.2) is 24.4 Å². The normalized spacial score (nSPS) is 9.93. The standard InChI is InChI=1S/C10H4Cl2N2S/c11-8-2-1-6(3-9(8)12)10-14-5-7(4-13)15-10/h1-3,5H. The quantitative estimate of drug-likeness (QED) is 0.772. The highest BCUT2D eigenvalue weighted by molar-refractivity contribution is 7.15. The van der Waals surface area contributed by atoms with E-state index in [1.54, 1.807) is 18.3 Å². The third kappa shape index (κ3) is 2.13. The van der Waals surface area contributed by atoms with E-state index >= 15 is 0 Å². The molecule has 74 valence electrons. The topological polar surface area (TPSA) is 36.7 Å². The molecule has 0 saturated heterocycles. The molecule has 2 aromatic rings. The van der Waals surface area contributed by atoms with Crippen LogP contribution in [0.1, 0.15) is 4.88 Å². The number of halogens is 2. The molecule has 1 heterocycles. The Bertz CT molecular complexity index is 543. The summed E-state index contributed by atoms with van der Waals surface area (Å²) in [6.45, 7) is 0. The molecule has 1 aromatic carbocycles. The molecule has 0 fully saturated rings. The molecule has 15 heavy (non-hydrogen) atoms. The zero-order valence-corrected chi connectivity index (χ0v) is 9.70. The second-order valence-electron chi connectivity index (χ2n) is 2.77. The summed E-state index contributed by atoms with van der Waals surface area (Å²) in [6.07, 6.45) is 1.54. The number of thiazole rings is 1. The molecule has 0 aliphatic heterocycles. The summed E-state index contributed by atoms with van der Waals surface area (Å²) < 4.78 is 0. The summed E-state index contributed by atoms with van der Waals surface area (Å²) >= 11 is 13.0. The molecule has 0 aliphatic carbocycles. The first kappa shape index (κ1) is 10.4. The van der Waals surface area contributed by atoms with Crippen molar-refractivity contribution in [3.8, 4) is 16.6 Å². The number of nitrogens with zero attached hydrogens (tertiary/aromatic N) is 2. The minimum atomic E-state index is 0.489. The van der Waals surface area contributed by atoms with Gasteiger partial charge in [-0.2, -0.15) is 5.26 Å². The first-order valence-corrected chi connectivity index (χ1v) is 5.59. The van der Waals surface area contributed by atoms with Gasteiger partial charge < -0.3 is 0 Å². The van der Waals surface area contributed by atoms with E-state index < -0.39 is 0 Å². The molecule has 0 atom stereocenters. The van der Waals surface area contributed by atoms with Crippen LogP contribution in [0, 0.1) is 11.3 Å². The molecular formula is C10H4Cl2N2S. The molecule has 1 aromatic heterocycles. The van der Waals surface area contributed by atoms with Gasteiger partial charge in [0.05, 0.1) is 16.2 Å². The van der Waals surface area contributed by atoms with Crippen molar-refractivity contribution in [2.75, 3.05) is 0 Å². The van der Waals surface area contributed by atoms with Gasteiger partial charge in [0.15, 0.2) is 0 Å². The third-order valence-corrected chi connectivity index (χ3v) is 3.47. The Kier molecular flexibility index (Phi) is 2.92. The molecular weight excluding hydrogens is 251 g/mol. The molecule has 0 unspecified atom stereocenters. The predicted molar refractivity (Wildman–Crippen MR) is 62.3 cm³/mol. The summed E-state index contributed by atoms with van der Waals surface area (Å²) in [7, 11) is 0. The number of hydrogen-bond donors (Lipinski definition) is 0. The van der Waals surface area contributed by atoms with E-state index in [0.29, 0.717) is 14.9 Å². The lowest BCUT2D eigenvalue weighted by molar-refractivity contribution is 1.40. The fourth-order valence-corrected chi connectivity index (χ4v) is 2.10. The smallest absolute Gasteiger partial charge is 0.125 e. The van der Waals surface area contributed by atoms with E-state index in [2.05, 4.69) is 4.98 Å². The Hall–Kier alpha value is -1.08. The van der Waals surface area contributed by atoms with E-state index in [9.17, 15) is 0 Å². The molecule has 0 saturated carbocycles. The highest BCUT2D eigenvalue weighted by Crippen LogP contribution is 2.30. The minimum absolute atomic E-state index is 0.489. The molecule has 2 rings (SSSR count). The predicted octanol–water partition coefficient (Wildman–Crippen LogP) is 3.99. The van der Waals surface area contributed by atoms with Crippen molar-refractivity contribution in [1.82, 2.24) is 4.98 Å². The van der Waals surface area contributed by atoms with Crippen LogP contribution < -0.4 is 0 Å². The van der Waals surface area contributed by atoms with Crippen LogP contribution in [-0.2, 0) is 0 Å². The number of nitriles is 1. The zero-order chi connectivity index (χ0) is 10.8. The van der Waals surface area contributed by atoms with E-state index in [1.165, 1.54) is 11.3 Å². The Morgan fingerprint density at radius 1 is 1.27 bits per heavy atom. The number of benzene rings is 1. The van der Waals surface area contributed by atoms with Gasteiger partial charge in [-0.25, -0.2) is 4.98 Å². The van der Waals surface area contributed by atoms with Crippen molar-refractivity contribution in [2.24, 2.45) is 0 Å². The van der Waals surface area contributed by atoms with Crippen molar-refractivity contribution < 1.29 is 0 Å². The van der Waals surface area contributed by atoms with Crippen molar-refractivity contribution in [1.29, 1.82) is 5.26 Å². The van der Waals surface area contributed by atoms with Gasteiger partial charge in [-0.15, -0.1) is 11.3 Å². The Labute approximate surface area is 101 Å². The molecule has 0 spiro atoms. The molecule has 0 radical (unpaired) electrons. The average Bonchev–Trinajstić information content (AvgIpc) is 2.70. The Morgan fingerprint density at radius 3 is 2.67 bits per heavy atom. The van der Waals surface area contributed by atoms with Gasteiger partial charge in [0.25, 0.3) is 0 Å². The van der Waals surface area contributed by atoms with Crippen molar-refractivity contribution in [2.45, 2.75) is 0 Å². The Morgan fingerprint density at radius 2 is 2.07 bits per heavy atom. The number of hydrogen-bond acceptors (Lipinski definition) is 3. The van der Waals surface area contributed by atoms with Gasteiger partial charge in [-0.3, -0.25) is 0 Å². The van der Waals surface area contributed by atoms with Gasteiger partial charge in [-0.05, 0) is 12.1 Å². The maximum absolute atomic E-state index is 8.67.